The van der Waals surface area contributed by atoms with Crippen molar-refractivity contribution in [2.45, 2.75) is 38.8 Å². The number of aromatic nitrogens is 1. The molecule has 3 heterocycles. The Hall–Kier alpha value is -1.62. The molecule has 2 bridgehead atoms. The van der Waals surface area contributed by atoms with E-state index < -0.39 is 6.04 Å². The maximum absolute atomic E-state index is 12.5. The summed E-state index contributed by atoms with van der Waals surface area (Å²) in [5.41, 5.74) is 7.15. The zero-order valence-electron chi connectivity index (χ0n) is 12.7. The molecule has 1 fully saturated rings. The number of fused-ring (bicyclic) bond motifs is 4. The lowest BCUT2D eigenvalue weighted by atomic mass is 9.82. The number of nitrogens with zero attached hydrogens (tertiary/aromatic N) is 2. The van der Waals surface area contributed by atoms with Gasteiger partial charge in [0, 0.05) is 37.3 Å². The molecule has 0 radical (unpaired) electrons. The first kappa shape index (κ1) is 14.3. The van der Waals surface area contributed by atoms with Gasteiger partial charge in [0.1, 0.15) is 0 Å². The summed E-state index contributed by atoms with van der Waals surface area (Å²) in [7, 11) is 0. The van der Waals surface area contributed by atoms with Crippen LogP contribution in [0.3, 0.4) is 0 Å². The normalized spacial score (nSPS) is 25.6. The summed E-state index contributed by atoms with van der Waals surface area (Å²) >= 11 is 0. The first-order chi connectivity index (χ1) is 9.97. The van der Waals surface area contributed by atoms with Crippen molar-refractivity contribution in [1.29, 1.82) is 0 Å². The van der Waals surface area contributed by atoms with E-state index in [1.807, 2.05) is 35.4 Å². The standard InChI is InChI=1S/C16H23N3O2/c1-10(2)15(17)16(21)18-7-11-6-12(9-18)13-4-3-5-14(20)19(13)8-11/h3-5,10-12,15H,6-9,17H2,1-2H3/t11-,12+,15-/m0/s1. The van der Waals surface area contributed by atoms with Gasteiger partial charge in [-0.3, -0.25) is 9.59 Å². The van der Waals surface area contributed by atoms with Gasteiger partial charge < -0.3 is 15.2 Å². The molecule has 0 spiro atoms. The quantitative estimate of drug-likeness (QED) is 0.874. The van der Waals surface area contributed by atoms with Gasteiger partial charge in [0.05, 0.1) is 6.04 Å². The zero-order chi connectivity index (χ0) is 15.1. The molecule has 2 aliphatic heterocycles. The largest absolute Gasteiger partial charge is 0.340 e. The van der Waals surface area contributed by atoms with Gasteiger partial charge in [-0.1, -0.05) is 19.9 Å². The predicted molar refractivity (Wildman–Crippen MR) is 80.9 cm³/mol. The minimum Gasteiger partial charge on any atom is -0.340 e. The number of pyridine rings is 1. The molecule has 1 aromatic heterocycles. The zero-order valence-corrected chi connectivity index (χ0v) is 12.7. The van der Waals surface area contributed by atoms with E-state index in [9.17, 15) is 9.59 Å². The van der Waals surface area contributed by atoms with E-state index in [4.69, 9.17) is 5.73 Å². The lowest BCUT2D eigenvalue weighted by molar-refractivity contribution is -0.136. The van der Waals surface area contributed by atoms with Crippen LogP contribution in [-0.2, 0) is 11.3 Å². The van der Waals surface area contributed by atoms with Crippen LogP contribution in [0.4, 0.5) is 0 Å². The Balaban J connectivity index is 1.85. The average molecular weight is 289 g/mol. The third-order valence-corrected chi connectivity index (χ3v) is 4.79. The highest BCUT2D eigenvalue weighted by molar-refractivity contribution is 5.82. The fourth-order valence-corrected chi connectivity index (χ4v) is 3.57. The van der Waals surface area contributed by atoms with Crippen molar-refractivity contribution in [2.24, 2.45) is 17.6 Å². The molecule has 2 aliphatic rings. The van der Waals surface area contributed by atoms with Gasteiger partial charge in [-0.05, 0) is 24.3 Å². The average Bonchev–Trinajstić information content (AvgIpc) is 2.46. The summed E-state index contributed by atoms with van der Waals surface area (Å²) in [4.78, 5) is 26.4. The molecule has 114 valence electrons. The number of likely N-dealkylation sites (tertiary alicyclic amines) is 1. The van der Waals surface area contributed by atoms with E-state index in [2.05, 4.69) is 0 Å². The molecule has 0 unspecified atom stereocenters. The van der Waals surface area contributed by atoms with Crippen molar-refractivity contribution in [1.82, 2.24) is 9.47 Å². The van der Waals surface area contributed by atoms with Crippen LogP contribution in [0.15, 0.2) is 23.0 Å². The van der Waals surface area contributed by atoms with Gasteiger partial charge in [-0.25, -0.2) is 0 Å². The van der Waals surface area contributed by atoms with Crippen LogP contribution in [0.25, 0.3) is 0 Å². The van der Waals surface area contributed by atoms with E-state index in [1.54, 1.807) is 6.07 Å². The molecule has 5 nitrogen and oxygen atoms in total. The second-order valence-corrected chi connectivity index (χ2v) is 6.71. The highest BCUT2D eigenvalue weighted by Crippen LogP contribution is 2.35. The SMILES string of the molecule is CC(C)[C@H](N)C(=O)N1C[C@@H]2C[C@H](C1)c1cccc(=O)n1C2. The summed E-state index contributed by atoms with van der Waals surface area (Å²) in [5, 5.41) is 0. The van der Waals surface area contributed by atoms with Crippen LogP contribution < -0.4 is 11.3 Å². The van der Waals surface area contributed by atoms with Crippen LogP contribution in [-0.4, -0.2) is 34.5 Å². The maximum atomic E-state index is 12.5. The molecule has 2 N–H and O–H groups in total. The fraction of sp³-hybridized carbons (Fsp3) is 0.625. The molecule has 3 atom stereocenters. The van der Waals surface area contributed by atoms with Gasteiger partial charge in [0.2, 0.25) is 5.91 Å². The summed E-state index contributed by atoms with van der Waals surface area (Å²) in [6, 6.07) is 5.01. The van der Waals surface area contributed by atoms with Crippen molar-refractivity contribution in [3.8, 4) is 0 Å². The Morgan fingerprint density at radius 2 is 2.05 bits per heavy atom. The minimum absolute atomic E-state index is 0.0476. The van der Waals surface area contributed by atoms with Gasteiger partial charge in [-0.2, -0.15) is 0 Å². The maximum Gasteiger partial charge on any atom is 0.250 e. The van der Waals surface area contributed by atoms with Crippen LogP contribution >= 0.6 is 0 Å². The molecule has 0 aliphatic carbocycles. The molecule has 3 rings (SSSR count). The van der Waals surface area contributed by atoms with E-state index in [-0.39, 0.29) is 23.3 Å². The van der Waals surface area contributed by atoms with Crippen molar-refractivity contribution >= 4 is 5.91 Å². The molecule has 1 saturated heterocycles. The Morgan fingerprint density at radius 3 is 2.76 bits per heavy atom. The van der Waals surface area contributed by atoms with Gasteiger partial charge in [-0.15, -0.1) is 0 Å². The molecule has 0 aromatic carbocycles. The smallest absolute Gasteiger partial charge is 0.250 e. The topological polar surface area (TPSA) is 68.3 Å². The summed E-state index contributed by atoms with van der Waals surface area (Å²) in [6.07, 6.45) is 1.06. The van der Waals surface area contributed by atoms with Crippen molar-refractivity contribution in [3.63, 3.8) is 0 Å². The molecular weight excluding hydrogens is 266 g/mol. The Bertz CT molecular complexity index is 608. The number of carbonyl (C=O) groups excluding carboxylic acids is 1. The van der Waals surface area contributed by atoms with Crippen LogP contribution in [0.2, 0.25) is 0 Å². The third-order valence-electron chi connectivity index (χ3n) is 4.79. The number of piperidine rings is 1. The number of amides is 1. The van der Waals surface area contributed by atoms with Gasteiger partial charge >= 0.3 is 0 Å². The highest BCUT2D eigenvalue weighted by Gasteiger charge is 2.37. The van der Waals surface area contributed by atoms with Gasteiger partial charge in [0.15, 0.2) is 0 Å². The van der Waals surface area contributed by atoms with Crippen LogP contribution in [0.5, 0.6) is 0 Å². The van der Waals surface area contributed by atoms with E-state index in [1.165, 1.54) is 0 Å². The van der Waals surface area contributed by atoms with E-state index >= 15 is 0 Å². The first-order valence-electron chi connectivity index (χ1n) is 7.71. The molecular formula is C16H23N3O2. The first-order valence-corrected chi connectivity index (χ1v) is 7.71. The monoisotopic (exact) mass is 289 g/mol. The van der Waals surface area contributed by atoms with Gasteiger partial charge in [0.25, 0.3) is 5.56 Å². The fourth-order valence-electron chi connectivity index (χ4n) is 3.57. The predicted octanol–water partition coefficient (Wildman–Crippen LogP) is 0.777. The van der Waals surface area contributed by atoms with Crippen LogP contribution in [0.1, 0.15) is 31.9 Å². The van der Waals surface area contributed by atoms with Crippen molar-refractivity contribution in [2.75, 3.05) is 13.1 Å². The molecule has 1 aromatic rings. The second kappa shape index (κ2) is 5.30. The summed E-state index contributed by atoms with van der Waals surface area (Å²) in [6.45, 7) is 6.06. The Kier molecular flexibility index (Phi) is 3.61. The van der Waals surface area contributed by atoms with Crippen LogP contribution in [0, 0.1) is 11.8 Å². The van der Waals surface area contributed by atoms with E-state index in [0.29, 0.717) is 19.0 Å². The lowest BCUT2D eigenvalue weighted by Crippen LogP contribution is -2.54. The minimum atomic E-state index is -0.429. The summed E-state index contributed by atoms with van der Waals surface area (Å²) < 4.78 is 1.88. The van der Waals surface area contributed by atoms with E-state index in [0.717, 1.165) is 18.7 Å². The number of hydrogen-bond acceptors (Lipinski definition) is 3. The molecule has 5 heteroatoms. The van der Waals surface area contributed by atoms with Crippen molar-refractivity contribution in [3.05, 3.63) is 34.2 Å². The third kappa shape index (κ3) is 2.50. The molecule has 1 amide bonds. The lowest BCUT2D eigenvalue weighted by Gasteiger charge is -2.43. The highest BCUT2D eigenvalue weighted by atomic mass is 16.2. The second-order valence-electron chi connectivity index (χ2n) is 6.71. The number of nitrogens with two attached hydrogens (primary N) is 1. The molecule has 21 heavy (non-hydrogen) atoms. The number of carbonyl (C=O) groups is 1. The van der Waals surface area contributed by atoms with Crippen molar-refractivity contribution < 1.29 is 4.79 Å². The Labute approximate surface area is 124 Å². The number of hydrogen-bond donors (Lipinski definition) is 1. The molecule has 0 saturated carbocycles. The summed E-state index contributed by atoms with van der Waals surface area (Å²) in [5.74, 6) is 0.815. The number of rotatable bonds is 2. The Morgan fingerprint density at radius 1 is 1.29 bits per heavy atom.